The fourth-order valence-corrected chi connectivity index (χ4v) is 3.97. The maximum Gasteiger partial charge on any atom is 0.327 e. The average molecular weight is 330 g/mol. The number of carbonyl (C=O) groups is 2. The van der Waals surface area contributed by atoms with Crippen molar-refractivity contribution in [3.63, 3.8) is 0 Å². The summed E-state index contributed by atoms with van der Waals surface area (Å²) in [5.74, 6) is -1.12. The second-order valence-corrected chi connectivity index (χ2v) is 6.76. The topological polar surface area (TPSA) is 77.8 Å². The molecule has 2 rings (SSSR count). The Morgan fingerprint density at radius 3 is 2.67 bits per heavy atom. The number of carboxylic acids is 1. The first-order chi connectivity index (χ1) is 9.82. The maximum atomic E-state index is 12.7. The number of rotatable bonds is 3. The summed E-state index contributed by atoms with van der Waals surface area (Å²) in [6, 6.07) is 3.19. The second-order valence-electron chi connectivity index (χ2n) is 5.20. The minimum Gasteiger partial charge on any atom is -0.508 e. The lowest BCUT2D eigenvalue weighted by molar-refractivity contribution is -0.141. The molecule has 7 heteroatoms. The molecule has 0 bridgehead atoms. The van der Waals surface area contributed by atoms with Crippen molar-refractivity contribution in [2.24, 2.45) is 5.92 Å². The molecule has 1 fully saturated rings. The molecule has 1 aromatic carbocycles. The zero-order valence-electron chi connectivity index (χ0n) is 11.6. The van der Waals surface area contributed by atoms with Crippen molar-refractivity contribution in [1.82, 2.24) is 4.90 Å². The van der Waals surface area contributed by atoms with Gasteiger partial charge in [-0.1, -0.05) is 25.4 Å². The molecule has 2 atom stereocenters. The Labute approximate surface area is 131 Å². The Kier molecular flexibility index (Phi) is 4.68. The predicted octanol–water partition coefficient (Wildman–Crippen LogP) is 2.67. The van der Waals surface area contributed by atoms with Crippen LogP contribution in [0.3, 0.4) is 0 Å². The van der Waals surface area contributed by atoms with Crippen molar-refractivity contribution in [2.45, 2.75) is 25.3 Å². The van der Waals surface area contributed by atoms with E-state index in [0.29, 0.717) is 5.75 Å². The van der Waals surface area contributed by atoms with Gasteiger partial charge in [0, 0.05) is 5.75 Å². The summed E-state index contributed by atoms with van der Waals surface area (Å²) in [7, 11) is 0. The third-order valence-electron chi connectivity index (χ3n) is 3.31. The first kappa shape index (κ1) is 16.0. The minimum absolute atomic E-state index is 0.0810. The van der Waals surface area contributed by atoms with Gasteiger partial charge in [0.05, 0.1) is 16.0 Å². The molecule has 2 unspecified atom stereocenters. The van der Waals surface area contributed by atoms with Crippen LogP contribution >= 0.6 is 23.4 Å². The monoisotopic (exact) mass is 329 g/mol. The number of benzene rings is 1. The summed E-state index contributed by atoms with van der Waals surface area (Å²) in [4.78, 5) is 25.4. The average Bonchev–Trinajstić information content (AvgIpc) is 2.85. The van der Waals surface area contributed by atoms with Gasteiger partial charge < -0.3 is 15.1 Å². The van der Waals surface area contributed by atoms with E-state index < -0.39 is 17.9 Å². The molecule has 1 saturated heterocycles. The molecule has 1 amide bonds. The lowest BCUT2D eigenvalue weighted by atomic mass is 10.1. The summed E-state index contributed by atoms with van der Waals surface area (Å²) in [6.45, 7) is 3.87. The Bertz CT molecular complexity index is 578. The van der Waals surface area contributed by atoms with Gasteiger partial charge in [-0.2, -0.15) is 0 Å². The number of carboxylic acid groups (broad SMARTS) is 1. The SMILES string of the molecule is CC(C)C1SCC(C(=O)O)N1C(=O)c1cc(O)ccc1Cl. The molecule has 0 aromatic heterocycles. The number of hydrogen-bond donors (Lipinski definition) is 2. The zero-order valence-corrected chi connectivity index (χ0v) is 13.2. The van der Waals surface area contributed by atoms with E-state index in [0.717, 1.165) is 0 Å². The number of carbonyl (C=O) groups excluding carboxylic acids is 1. The number of aromatic hydroxyl groups is 1. The molecular formula is C14H16ClNO4S. The van der Waals surface area contributed by atoms with Crippen molar-refractivity contribution < 1.29 is 19.8 Å². The smallest absolute Gasteiger partial charge is 0.327 e. The molecule has 0 aliphatic carbocycles. The summed E-state index contributed by atoms with van der Waals surface area (Å²) in [5.41, 5.74) is 0.121. The van der Waals surface area contributed by atoms with Gasteiger partial charge in [0.15, 0.2) is 0 Å². The third kappa shape index (κ3) is 3.11. The van der Waals surface area contributed by atoms with Gasteiger partial charge in [-0.05, 0) is 24.1 Å². The van der Waals surface area contributed by atoms with E-state index in [1.165, 1.54) is 34.9 Å². The molecule has 1 heterocycles. The first-order valence-corrected chi connectivity index (χ1v) is 7.91. The fourth-order valence-electron chi connectivity index (χ4n) is 2.30. The van der Waals surface area contributed by atoms with Gasteiger partial charge in [0.2, 0.25) is 0 Å². The Morgan fingerprint density at radius 1 is 1.43 bits per heavy atom. The van der Waals surface area contributed by atoms with Crippen molar-refractivity contribution in [3.8, 4) is 5.75 Å². The van der Waals surface area contributed by atoms with Crippen molar-refractivity contribution in [3.05, 3.63) is 28.8 Å². The normalized spacial score (nSPS) is 21.8. The van der Waals surface area contributed by atoms with E-state index >= 15 is 0 Å². The maximum absolute atomic E-state index is 12.7. The molecule has 1 aliphatic heterocycles. The van der Waals surface area contributed by atoms with E-state index in [9.17, 15) is 19.8 Å². The van der Waals surface area contributed by atoms with Crippen molar-refractivity contribution in [1.29, 1.82) is 0 Å². The van der Waals surface area contributed by atoms with Crippen LogP contribution in [0.25, 0.3) is 0 Å². The van der Waals surface area contributed by atoms with Crippen LogP contribution in [0.4, 0.5) is 0 Å². The van der Waals surface area contributed by atoms with Gasteiger partial charge in [0.1, 0.15) is 11.8 Å². The van der Waals surface area contributed by atoms with Crippen LogP contribution in [0, 0.1) is 5.92 Å². The highest BCUT2D eigenvalue weighted by atomic mass is 35.5. The van der Waals surface area contributed by atoms with Crippen molar-refractivity contribution >= 4 is 35.2 Å². The number of halogens is 1. The summed E-state index contributed by atoms with van der Waals surface area (Å²) >= 11 is 7.46. The Hall–Kier alpha value is -1.40. The van der Waals surface area contributed by atoms with Crippen LogP contribution in [0.2, 0.25) is 5.02 Å². The summed E-state index contributed by atoms with van der Waals surface area (Å²) in [5, 5.41) is 18.8. The lowest BCUT2D eigenvalue weighted by Crippen LogP contribution is -2.47. The number of amides is 1. The Balaban J connectivity index is 2.41. The van der Waals surface area contributed by atoms with E-state index in [1.54, 1.807) is 0 Å². The number of thioether (sulfide) groups is 1. The molecule has 0 saturated carbocycles. The van der Waals surface area contributed by atoms with Crippen LogP contribution in [-0.4, -0.2) is 44.2 Å². The quantitative estimate of drug-likeness (QED) is 0.891. The van der Waals surface area contributed by atoms with Gasteiger partial charge in [-0.25, -0.2) is 4.79 Å². The highest BCUT2D eigenvalue weighted by molar-refractivity contribution is 8.00. The van der Waals surface area contributed by atoms with Gasteiger partial charge in [-0.3, -0.25) is 4.79 Å². The third-order valence-corrected chi connectivity index (χ3v) is 5.26. The standard InChI is InChI=1S/C14H16ClNO4S/c1-7(2)13-16(11(6-21-13)14(19)20)12(18)9-5-8(17)3-4-10(9)15/h3-5,7,11,13,17H,6H2,1-2H3,(H,19,20). The first-order valence-electron chi connectivity index (χ1n) is 6.48. The number of aliphatic carboxylic acids is 1. The molecular weight excluding hydrogens is 314 g/mol. The Morgan fingerprint density at radius 2 is 2.10 bits per heavy atom. The molecule has 21 heavy (non-hydrogen) atoms. The van der Waals surface area contributed by atoms with Crippen LogP contribution in [0.15, 0.2) is 18.2 Å². The second kappa shape index (κ2) is 6.15. The molecule has 2 N–H and O–H groups in total. The van der Waals surface area contributed by atoms with Gasteiger partial charge in [0.25, 0.3) is 5.91 Å². The molecule has 0 spiro atoms. The van der Waals surface area contributed by atoms with Crippen LogP contribution in [-0.2, 0) is 4.79 Å². The van der Waals surface area contributed by atoms with E-state index in [4.69, 9.17) is 11.6 Å². The van der Waals surface area contributed by atoms with Crippen molar-refractivity contribution in [2.75, 3.05) is 5.75 Å². The number of phenolic OH excluding ortho intramolecular Hbond substituents is 1. The number of nitrogens with zero attached hydrogens (tertiary/aromatic N) is 1. The fraction of sp³-hybridized carbons (Fsp3) is 0.429. The summed E-state index contributed by atoms with van der Waals surface area (Å²) in [6.07, 6.45) is 0. The van der Waals surface area contributed by atoms with E-state index in [2.05, 4.69) is 0 Å². The predicted molar refractivity (Wildman–Crippen MR) is 81.8 cm³/mol. The summed E-state index contributed by atoms with van der Waals surface area (Å²) < 4.78 is 0. The number of phenols is 1. The number of hydrogen-bond acceptors (Lipinski definition) is 4. The van der Waals surface area contributed by atoms with E-state index in [-0.39, 0.29) is 27.6 Å². The highest BCUT2D eigenvalue weighted by Crippen LogP contribution is 2.36. The molecule has 1 aliphatic rings. The zero-order chi connectivity index (χ0) is 15.7. The minimum atomic E-state index is -1.03. The van der Waals surface area contributed by atoms with Crippen LogP contribution in [0.5, 0.6) is 5.75 Å². The van der Waals surface area contributed by atoms with Crippen LogP contribution in [0.1, 0.15) is 24.2 Å². The van der Waals surface area contributed by atoms with Gasteiger partial charge >= 0.3 is 5.97 Å². The van der Waals surface area contributed by atoms with Gasteiger partial charge in [-0.15, -0.1) is 11.8 Å². The molecule has 0 radical (unpaired) electrons. The lowest BCUT2D eigenvalue weighted by Gasteiger charge is -2.30. The highest BCUT2D eigenvalue weighted by Gasteiger charge is 2.43. The van der Waals surface area contributed by atoms with E-state index in [1.807, 2.05) is 13.8 Å². The molecule has 5 nitrogen and oxygen atoms in total. The van der Waals surface area contributed by atoms with Crippen LogP contribution < -0.4 is 0 Å². The molecule has 114 valence electrons. The largest absolute Gasteiger partial charge is 0.508 e. The molecule has 1 aromatic rings.